The van der Waals surface area contributed by atoms with Gasteiger partial charge in [0.1, 0.15) is 23.3 Å². The molecule has 19 heteroatoms. The number of likely N-dealkylation sites (tertiary alicyclic amines) is 1. The van der Waals surface area contributed by atoms with Crippen LogP contribution in [0.2, 0.25) is 0 Å². The van der Waals surface area contributed by atoms with E-state index < -0.39 is 0 Å². The van der Waals surface area contributed by atoms with E-state index in [2.05, 4.69) is 46.0 Å². The van der Waals surface area contributed by atoms with E-state index in [1.165, 1.54) is 35.6 Å². The number of nitrogens with zero attached hydrogens (tertiary/aromatic N) is 13. The molecule has 15 nitrogen and oxygen atoms in total. The van der Waals surface area contributed by atoms with Gasteiger partial charge in [-0.15, -0.1) is 32.9 Å². The monoisotopic (exact) mass is 968 g/mol. The van der Waals surface area contributed by atoms with E-state index in [-0.39, 0.29) is 17.5 Å². The number of fused-ring (bicyclic) bond motifs is 4. The van der Waals surface area contributed by atoms with Gasteiger partial charge in [0, 0.05) is 107 Å². The molecular formula is C50H54F2N14OS2. The Hall–Kier alpha value is -6.57. The molecule has 8 aromatic rings. The number of nitrogens with one attached hydrogen (secondary N) is 1. The predicted molar refractivity (Wildman–Crippen MR) is 269 cm³/mol. The van der Waals surface area contributed by atoms with Crippen LogP contribution in [0.25, 0.3) is 33.8 Å². The first kappa shape index (κ1) is 44.9. The van der Waals surface area contributed by atoms with E-state index in [9.17, 15) is 13.6 Å². The molecule has 0 spiro atoms. The largest absolute Gasteiger partial charge is 0.355 e. The maximum atomic E-state index is 13.4. The van der Waals surface area contributed by atoms with Crippen LogP contribution in [0.3, 0.4) is 0 Å². The van der Waals surface area contributed by atoms with Crippen molar-refractivity contribution in [2.45, 2.75) is 33.6 Å². The van der Waals surface area contributed by atoms with Gasteiger partial charge in [0.15, 0.2) is 33.2 Å². The van der Waals surface area contributed by atoms with Crippen molar-refractivity contribution in [1.82, 2.24) is 49.4 Å². The van der Waals surface area contributed by atoms with Gasteiger partial charge in [0.05, 0.1) is 22.8 Å². The molecule has 1 amide bonds. The molecule has 356 valence electrons. The summed E-state index contributed by atoms with van der Waals surface area (Å²) in [7, 11) is 4.00. The van der Waals surface area contributed by atoms with Crippen LogP contribution in [-0.4, -0.2) is 116 Å². The summed E-state index contributed by atoms with van der Waals surface area (Å²) < 4.78 is 30.5. The number of benzene rings is 2. The van der Waals surface area contributed by atoms with Gasteiger partial charge < -0.3 is 29.8 Å². The molecule has 10 heterocycles. The van der Waals surface area contributed by atoms with Gasteiger partial charge in [-0.2, -0.15) is 9.03 Å². The van der Waals surface area contributed by atoms with Crippen LogP contribution < -0.4 is 24.9 Å². The number of thiazole rings is 2. The number of halogens is 2. The minimum absolute atomic E-state index is 0.165. The molecule has 6 aromatic heterocycles. The maximum Gasteiger partial charge on any atom is 0.219 e. The topological polar surface area (TPSA) is 131 Å². The van der Waals surface area contributed by atoms with Gasteiger partial charge >= 0.3 is 0 Å². The van der Waals surface area contributed by atoms with Crippen LogP contribution in [0.1, 0.15) is 32.2 Å². The molecule has 0 aliphatic carbocycles. The van der Waals surface area contributed by atoms with E-state index in [4.69, 9.17) is 30.1 Å². The molecule has 1 N–H and O–H groups in total. The second-order valence-corrected chi connectivity index (χ2v) is 20.2. The Balaban J connectivity index is 0.000000151. The van der Waals surface area contributed by atoms with Crippen molar-refractivity contribution in [3.05, 3.63) is 107 Å². The Labute approximate surface area is 407 Å². The van der Waals surface area contributed by atoms with Crippen LogP contribution >= 0.6 is 22.7 Å². The maximum absolute atomic E-state index is 13.4. The number of carbonyl (C=O) groups excluding carboxylic acids is 1. The van der Waals surface area contributed by atoms with Crippen molar-refractivity contribution in [1.29, 1.82) is 0 Å². The third-order valence-electron chi connectivity index (χ3n) is 14.1. The average Bonchev–Trinajstić information content (AvgIpc) is 4.22. The minimum atomic E-state index is -0.260. The quantitative estimate of drug-likeness (QED) is 0.142. The summed E-state index contributed by atoms with van der Waals surface area (Å²) in [6, 6.07) is 21.1. The number of anilines is 6. The lowest BCUT2D eigenvalue weighted by Crippen LogP contribution is -2.32. The molecule has 69 heavy (non-hydrogen) atoms. The second-order valence-electron chi connectivity index (χ2n) is 18.5. The Bertz CT molecular complexity index is 3120. The molecule has 12 rings (SSSR count). The average molecular weight is 969 g/mol. The number of aryl methyl sites for hydroxylation is 2. The Morgan fingerprint density at radius 3 is 1.43 bits per heavy atom. The first-order chi connectivity index (χ1) is 33.5. The molecule has 0 radical (unpaired) electrons. The normalized spacial score (nSPS) is 19.7. The Kier molecular flexibility index (Phi) is 12.0. The molecule has 0 bridgehead atoms. The standard InChI is InChI=1S/C26H28FN7OS.C24H26FN7S/c1-4-21-25(31(3)26-29-22(15-36-26)17-5-7-20(27)8-6-17)34-23(28-21)9-10-24(30-34)33-13-18-11-32(16(2)35)12-19(18)14-33;1-3-19-23(30(2)24-28-20(14-33-24)15-4-6-18(25)7-5-15)32-21(27-19)8-9-22(29-32)31-12-16-10-26-11-17(16)13-31/h5-10,15,18-19H,4,11-14H2,1-3H3;4-9,14,16-17,26H,3,10-13H2,1-2H3. The van der Waals surface area contributed by atoms with Crippen LogP contribution in [0.4, 0.5) is 42.3 Å². The molecule has 4 fully saturated rings. The second kappa shape index (κ2) is 18.4. The molecule has 4 aliphatic heterocycles. The van der Waals surface area contributed by atoms with Crippen molar-refractivity contribution in [2.24, 2.45) is 23.7 Å². The van der Waals surface area contributed by atoms with E-state index in [1.54, 1.807) is 42.5 Å². The molecule has 0 saturated carbocycles. The highest BCUT2D eigenvalue weighted by atomic mass is 32.1. The summed E-state index contributed by atoms with van der Waals surface area (Å²) in [4.78, 5) is 41.9. The third-order valence-corrected chi connectivity index (χ3v) is 16.0. The zero-order chi connectivity index (χ0) is 47.5. The summed E-state index contributed by atoms with van der Waals surface area (Å²) in [5.74, 6) is 5.81. The van der Waals surface area contributed by atoms with E-state index >= 15 is 0 Å². The number of amides is 1. The number of imidazole rings is 2. The van der Waals surface area contributed by atoms with Crippen molar-refractivity contribution in [3.63, 3.8) is 0 Å². The van der Waals surface area contributed by atoms with Crippen LogP contribution in [0.15, 0.2) is 83.6 Å². The van der Waals surface area contributed by atoms with Crippen molar-refractivity contribution < 1.29 is 13.6 Å². The number of rotatable bonds is 10. The zero-order valence-electron chi connectivity index (χ0n) is 39.3. The van der Waals surface area contributed by atoms with E-state index in [0.717, 1.165) is 144 Å². The van der Waals surface area contributed by atoms with Crippen molar-refractivity contribution >= 4 is 73.4 Å². The lowest BCUT2D eigenvalue weighted by atomic mass is 10.0. The number of hydrogen-bond donors (Lipinski definition) is 1. The summed E-state index contributed by atoms with van der Waals surface area (Å²) in [6.45, 7) is 13.6. The number of carbonyl (C=O) groups is 1. The highest BCUT2D eigenvalue weighted by Crippen LogP contribution is 2.38. The fraction of sp³-hybridized carbons (Fsp3) is 0.380. The van der Waals surface area contributed by atoms with Gasteiger partial charge in [-0.25, -0.2) is 28.7 Å². The fourth-order valence-corrected chi connectivity index (χ4v) is 12.0. The SMILES string of the molecule is CCc1nc2ccc(N3CC4CN(C(C)=O)CC4C3)nn2c1N(C)c1nc(-c2ccc(F)cc2)cs1.CCc1nc2ccc(N3CC4CNCC4C3)nn2c1N(C)c1nc(-c2ccc(F)cc2)cs1. The Morgan fingerprint density at radius 1 is 0.609 bits per heavy atom. The van der Waals surface area contributed by atoms with Gasteiger partial charge in [0.25, 0.3) is 0 Å². The lowest BCUT2D eigenvalue weighted by Gasteiger charge is -2.22. The molecule has 2 aromatic carbocycles. The van der Waals surface area contributed by atoms with Gasteiger partial charge in [-0.3, -0.25) is 4.79 Å². The first-order valence-electron chi connectivity index (χ1n) is 23.7. The molecule has 4 atom stereocenters. The summed E-state index contributed by atoms with van der Waals surface area (Å²) in [6.07, 6.45) is 1.57. The molecule has 4 aliphatic rings. The fourth-order valence-electron chi connectivity index (χ4n) is 10.4. The van der Waals surface area contributed by atoms with Gasteiger partial charge in [-0.1, -0.05) is 13.8 Å². The van der Waals surface area contributed by atoms with Crippen molar-refractivity contribution in [3.8, 4) is 22.5 Å². The van der Waals surface area contributed by atoms with Gasteiger partial charge in [-0.05, 0) is 97.5 Å². The molecule has 4 saturated heterocycles. The predicted octanol–water partition coefficient (Wildman–Crippen LogP) is 8.21. The molecule has 4 unspecified atom stereocenters. The third kappa shape index (κ3) is 8.54. The first-order valence-corrected chi connectivity index (χ1v) is 25.4. The highest BCUT2D eigenvalue weighted by Gasteiger charge is 2.41. The highest BCUT2D eigenvalue weighted by molar-refractivity contribution is 7.14. The van der Waals surface area contributed by atoms with E-state index in [0.29, 0.717) is 23.7 Å². The number of hydrogen-bond acceptors (Lipinski definition) is 14. The summed E-state index contributed by atoms with van der Waals surface area (Å²) in [5.41, 5.74) is 7.01. The lowest BCUT2D eigenvalue weighted by molar-refractivity contribution is -0.128. The number of aromatic nitrogens is 8. The smallest absolute Gasteiger partial charge is 0.219 e. The zero-order valence-corrected chi connectivity index (χ0v) is 40.9. The summed E-state index contributed by atoms with van der Waals surface area (Å²) >= 11 is 3.09. The van der Waals surface area contributed by atoms with E-state index in [1.807, 2.05) is 55.8 Å². The van der Waals surface area contributed by atoms with Crippen LogP contribution in [-0.2, 0) is 17.6 Å². The van der Waals surface area contributed by atoms with Crippen LogP contribution in [0.5, 0.6) is 0 Å². The Morgan fingerprint density at radius 2 is 1.03 bits per heavy atom. The molecular weight excluding hydrogens is 915 g/mol. The minimum Gasteiger partial charge on any atom is -0.355 e. The van der Waals surface area contributed by atoms with Crippen LogP contribution in [0, 0.1) is 35.3 Å². The summed E-state index contributed by atoms with van der Waals surface area (Å²) in [5, 5.41) is 19.2. The van der Waals surface area contributed by atoms with Crippen molar-refractivity contribution in [2.75, 3.05) is 86.1 Å². The van der Waals surface area contributed by atoms with Gasteiger partial charge in [0.2, 0.25) is 5.91 Å².